The number of carbonyl (C=O) groups is 1. The third kappa shape index (κ3) is 2.93. The van der Waals surface area contributed by atoms with Gasteiger partial charge in [-0.3, -0.25) is 4.79 Å². The van der Waals surface area contributed by atoms with Crippen LogP contribution in [0.15, 0.2) is 12.1 Å². The Balaban J connectivity index is 3.11. The van der Waals surface area contributed by atoms with Gasteiger partial charge in [0.1, 0.15) is 17.6 Å². The second-order valence-electron chi connectivity index (χ2n) is 3.49. The summed E-state index contributed by atoms with van der Waals surface area (Å²) in [6, 6.07) is 0.771. The highest BCUT2D eigenvalue weighted by atomic mass is 19.1. The number of carboxylic acids is 1. The largest absolute Gasteiger partial charge is 0.508 e. The fourth-order valence-corrected chi connectivity index (χ4v) is 1.36. The van der Waals surface area contributed by atoms with Crippen molar-refractivity contribution in [1.82, 2.24) is 0 Å². The molecule has 0 fully saturated rings. The minimum absolute atomic E-state index is 0.0319. The molecule has 0 aliphatic carbocycles. The van der Waals surface area contributed by atoms with E-state index < -0.39 is 36.2 Å². The van der Waals surface area contributed by atoms with Crippen molar-refractivity contribution in [3.8, 4) is 5.75 Å². The van der Waals surface area contributed by atoms with Crippen LogP contribution in [0.1, 0.15) is 5.56 Å². The number of rotatable bonds is 4. The van der Waals surface area contributed by atoms with E-state index in [0.717, 1.165) is 12.1 Å². The van der Waals surface area contributed by atoms with Crippen molar-refractivity contribution in [2.75, 3.05) is 0 Å². The van der Waals surface area contributed by atoms with Gasteiger partial charge in [0.25, 0.3) is 0 Å². The van der Waals surface area contributed by atoms with Crippen LogP contribution in [0, 0.1) is 5.82 Å². The van der Waals surface area contributed by atoms with Crippen molar-refractivity contribution in [2.45, 2.75) is 12.5 Å². The standard InChI is InChI=1S/C9H11BFNO5/c11-5-2-1-4(3-6(12)9(14)15)8(13)7(5)10(16)17/h1-2,6,13,16-17H,3,12H2,(H,14,15)/t6-/m0/s1. The Kier molecular flexibility index (Phi) is 4.05. The number of carboxylic acid groups (broad SMARTS) is 1. The van der Waals surface area contributed by atoms with Gasteiger partial charge in [-0.15, -0.1) is 0 Å². The Labute approximate surface area is 96.3 Å². The average molecular weight is 243 g/mol. The smallest absolute Gasteiger partial charge is 0.495 e. The van der Waals surface area contributed by atoms with E-state index in [2.05, 4.69) is 0 Å². The molecule has 8 heteroatoms. The molecule has 1 rings (SSSR count). The number of hydrogen-bond donors (Lipinski definition) is 5. The Morgan fingerprint density at radius 3 is 2.53 bits per heavy atom. The summed E-state index contributed by atoms with van der Waals surface area (Å²) in [5.41, 5.74) is 4.59. The minimum Gasteiger partial charge on any atom is -0.508 e. The van der Waals surface area contributed by atoms with Gasteiger partial charge in [-0.2, -0.15) is 0 Å². The van der Waals surface area contributed by atoms with Crippen molar-refractivity contribution >= 4 is 18.6 Å². The Bertz CT molecular complexity index is 440. The van der Waals surface area contributed by atoms with E-state index in [9.17, 15) is 14.3 Å². The average Bonchev–Trinajstić information content (AvgIpc) is 2.21. The van der Waals surface area contributed by atoms with Gasteiger partial charge in [0.15, 0.2) is 0 Å². The number of halogens is 1. The Morgan fingerprint density at radius 1 is 1.47 bits per heavy atom. The van der Waals surface area contributed by atoms with E-state index in [-0.39, 0.29) is 12.0 Å². The van der Waals surface area contributed by atoms with Crippen LogP contribution in [0.5, 0.6) is 5.75 Å². The fourth-order valence-electron chi connectivity index (χ4n) is 1.36. The molecule has 1 aromatic carbocycles. The van der Waals surface area contributed by atoms with E-state index in [4.69, 9.17) is 20.9 Å². The molecule has 1 aromatic rings. The summed E-state index contributed by atoms with van der Waals surface area (Å²) in [7, 11) is -2.18. The molecule has 0 amide bonds. The van der Waals surface area contributed by atoms with E-state index in [1.807, 2.05) is 0 Å². The lowest BCUT2D eigenvalue weighted by atomic mass is 9.77. The molecular weight excluding hydrogens is 232 g/mol. The van der Waals surface area contributed by atoms with Crippen LogP contribution in [0.25, 0.3) is 0 Å². The van der Waals surface area contributed by atoms with Gasteiger partial charge >= 0.3 is 13.1 Å². The first-order valence-corrected chi connectivity index (χ1v) is 4.69. The molecule has 0 saturated carbocycles. The normalized spacial score (nSPS) is 12.2. The van der Waals surface area contributed by atoms with Gasteiger partial charge in [-0.1, -0.05) is 6.07 Å². The zero-order chi connectivity index (χ0) is 13.2. The number of hydrogen-bond acceptors (Lipinski definition) is 5. The van der Waals surface area contributed by atoms with Crippen LogP contribution in [-0.2, 0) is 11.2 Å². The van der Waals surface area contributed by atoms with Crippen LogP contribution in [0.2, 0.25) is 0 Å². The number of aliphatic carboxylic acids is 1. The molecular formula is C9H11BFNO5. The summed E-state index contributed by atoms with van der Waals surface area (Å²) in [6.07, 6.45) is -0.249. The van der Waals surface area contributed by atoms with Crippen molar-refractivity contribution in [1.29, 1.82) is 0 Å². The van der Waals surface area contributed by atoms with Gasteiger partial charge < -0.3 is 26.0 Å². The molecule has 0 radical (unpaired) electrons. The van der Waals surface area contributed by atoms with E-state index in [1.54, 1.807) is 0 Å². The highest BCUT2D eigenvalue weighted by molar-refractivity contribution is 6.59. The monoisotopic (exact) mass is 243 g/mol. The zero-order valence-electron chi connectivity index (χ0n) is 8.67. The third-order valence-corrected chi connectivity index (χ3v) is 2.26. The first-order chi connectivity index (χ1) is 7.84. The second-order valence-corrected chi connectivity index (χ2v) is 3.49. The topological polar surface area (TPSA) is 124 Å². The summed E-state index contributed by atoms with van der Waals surface area (Å²) in [4.78, 5) is 10.5. The predicted molar refractivity (Wildman–Crippen MR) is 57.2 cm³/mol. The number of phenolic OH excluding ortho intramolecular Hbond substituents is 1. The Morgan fingerprint density at radius 2 is 2.06 bits per heavy atom. The molecule has 0 unspecified atom stereocenters. The van der Waals surface area contributed by atoms with Crippen molar-refractivity contribution in [2.24, 2.45) is 5.73 Å². The molecule has 0 heterocycles. The number of benzene rings is 1. The van der Waals surface area contributed by atoms with Gasteiger partial charge in [0.2, 0.25) is 0 Å². The van der Waals surface area contributed by atoms with Crippen LogP contribution < -0.4 is 11.2 Å². The zero-order valence-corrected chi connectivity index (χ0v) is 8.67. The van der Waals surface area contributed by atoms with Gasteiger partial charge in [-0.25, -0.2) is 4.39 Å². The maximum atomic E-state index is 13.1. The molecule has 6 nitrogen and oxygen atoms in total. The molecule has 0 aliphatic rings. The predicted octanol–water partition coefficient (Wildman–Crippen LogP) is -1.83. The van der Waals surface area contributed by atoms with Gasteiger partial charge in [0, 0.05) is 6.42 Å². The molecule has 17 heavy (non-hydrogen) atoms. The van der Waals surface area contributed by atoms with Crippen LogP contribution in [0.3, 0.4) is 0 Å². The van der Waals surface area contributed by atoms with Crippen LogP contribution in [-0.4, -0.2) is 39.4 Å². The third-order valence-electron chi connectivity index (χ3n) is 2.26. The molecule has 0 aromatic heterocycles. The summed E-state index contributed by atoms with van der Waals surface area (Å²) in [6.45, 7) is 0. The van der Waals surface area contributed by atoms with Crippen LogP contribution >= 0.6 is 0 Å². The van der Waals surface area contributed by atoms with Gasteiger partial charge in [0.05, 0.1) is 5.46 Å². The van der Waals surface area contributed by atoms with Crippen molar-refractivity contribution in [3.63, 3.8) is 0 Å². The van der Waals surface area contributed by atoms with Gasteiger partial charge in [-0.05, 0) is 11.6 Å². The molecule has 0 saturated heterocycles. The number of nitrogens with two attached hydrogens (primary N) is 1. The molecule has 6 N–H and O–H groups in total. The first kappa shape index (κ1) is 13.4. The SMILES string of the molecule is N[C@@H](Cc1ccc(F)c(B(O)O)c1O)C(=O)O. The maximum absolute atomic E-state index is 13.1. The fraction of sp³-hybridized carbons (Fsp3) is 0.222. The summed E-state index contributed by atoms with van der Waals surface area (Å²) < 4.78 is 13.1. The molecule has 92 valence electrons. The van der Waals surface area contributed by atoms with Crippen LogP contribution in [0.4, 0.5) is 4.39 Å². The van der Waals surface area contributed by atoms with E-state index in [1.165, 1.54) is 0 Å². The molecule has 0 spiro atoms. The number of phenols is 1. The van der Waals surface area contributed by atoms with E-state index >= 15 is 0 Å². The van der Waals surface area contributed by atoms with Crippen molar-refractivity contribution < 1.29 is 29.4 Å². The minimum atomic E-state index is -2.18. The van der Waals surface area contributed by atoms with Crippen molar-refractivity contribution in [3.05, 3.63) is 23.5 Å². The molecule has 0 aliphatic heterocycles. The molecule has 0 bridgehead atoms. The quantitative estimate of drug-likeness (QED) is 0.396. The lowest BCUT2D eigenvalue weighted by Gasteiger charge is -2.12. The van der Waals surface area contributed by atoms with E-state index in [0.29, 0.717) is 0 Å². The summed E-state index contributed by atoms with van der Waals surface area (Å²) >= 11 is 0. The highest BCUT2D eigenvalue weighted by Gasteiger charge is 2.25. The summed E-state index contributed by atoms with van der Waals surface area (Å²) in [5.74, 6) is -2.97. The lowest BCUT2D eigenvalue weighted by molar-refractivity contribution is -0.138. The lowest BCUT2D eigenvalue weighted by Crippen LogP contribution is -2.35. The Hall–Kier alpha value is -1.64. The summed E-state index contributed by atoms with van der Waals surface area (Å²) in [5, 5.41) is 35.9. The number of aromatic hydroxyl groups is 1. The second kappa shape index (κ2) is 5.13. The first-order valence-electron chi connectivity index (χ1n) is 4.69. The maximum Gasteiger partial charge on any atom is 0.495 e. The highest BCUT2D eigenvalue weighted by Crippen LogP contribution is 2.18. The molecule has 1 atom stereocenters.